The second kappa shape index (κ2) is 10.4. The lowest BCUT2D eigenvalue weighted by Gasteiger charge is -2.37. The maximum atomic E-state index is 13.9. The molecule has 1 N–H and O–H groups in total. The molecule has 41 heavy (non-hydrogen) atoms. The van der Waals surface area contributed by atoms with Crippen LogP contribution in [0.15, 0.2) is 72.9 Å². The zero-order valence-corrected chi connectivity index (χ0v) is 21.8. The fourth-order valence-corrected chi connectivity index (χ4v) is 5.35. The average Bonchev–Trinajstić information content (AvgIpc) is 3.40. The van der Waals surface area contributed by atoms with E-state index in [9.17, 15) is 36.2 Å². The molecule has 5 nitrogen and oxygen atoms in total. The van der Waals surface area contributed by atoms with Crippen LogP contribution in [0.3, 0.4) is 0 Å². The molecule has 2 aromatic heterocycles. The minimum Gasteiger partial charge on any atom is -0.380 e. The molecule has 1 aliphatic carbocycles. The second-order valence-electron chi connectivity index (χ2n) is 10.2. The highest BCUT2D eigenvalue weighted by Gasteiger charge is 2.54. The van der Waals surface area contributed by atoms with Gasteiger partial charge in [0.05, 0.1) is 17.5 Å². The highest BCUT2D eigenvalue weighted by molar-refractivity contribution is 5.95. The van der Waals surface area contributed by atoms with E-state index in [1.165, 1.54) is 6.07 Å². The second-order valence-corrected chi connectivity index (χ2v) is 10.2. The normalized spacial score (nSPS) is 19.8. The van der Waals surface area contributed by atoms with E-state index < -0.39 is 35.0 Å². The highest BCUT2D eigenvalue weighted by atomic mass is 19.4. The highest BCUT2D eigenvalue weighted by Crippen LogP contribution is 2.46. The quantitative estimate of drug-likeness (QED) is 0.196. The summed E-state index contributed by atoms with van der Waals surface area (Å²) in [6.07, 6.45) is -8.90. The summed E-state index contributed by atoms with van der Waals surface area (Å²) in [5.74, 6) is -0.988. The van der Waals surface area contributed by atoms with Crippen molar-refractivity contribution in [2.45, 2.75) is 56.5 Å². The summed E-state index contributed by atoms with van der Waals surface area (Å²) >= 11 is 0. The first-order valence-electron chi connectivity index (χ1n) is 12.9. The van der Waals surface area contributed by atoms with Gasteiger partial charge in [0.15, 0.2) is 22.9 Å². The molecule has 0 unspecified atom stereocenters. The Kier molecular flexibility index (Phi) is 7.27. The Hall–Kier alpha value is -3.99. The van der Waals surface area contributed by atoms with Gasteiger partial charge in [0, 0.05) is 5.56 Å². The van der Waals surface area contributed by atoms with Gasteiger partial charge in [0.2, 0.25) is 0 Å². The Morgan fingerprint density at radius 1 is 0.902 bits per heavy atom. The molecule has 4 aromatic rings. The standard InChI is InChI=1S/C30H25F6N3O2/c1-18(40)24-17-37-39(27(24)29(31,32)33)26-8-4-7-25(38-26)23-6-3-2-5-22(23)21-11-9-19(10-12-21)20-13-15-28(41,16-14-20)30(34,35)36/h2-12,17,20,41H,13-16H2,1H3. The van der Waals surface area contributed by atoms with Crippen molar-refractivity contribution in [3.05, 3.63) is 89.7 Å². The summed E-state index contributed by atoms with van der Waals surface area (Å²) in [4.78, 5) is 16.3. The summed E-state index contributed by atoms with van der Waals surface area (Å²) in [6, 6.07) is 19.2. The third-order valence-corrected chi connectivity index (χ3v) is 7.60. The van der Waals surface area contributed by atoms with E-state index >= 15 is 0 Å². The van der Waals surface area contributed by atoms with Gasteiger partial charge in [-0.15, -0.1) is 0 Å². The smallest absolute Gasteiger partial charge is 0.380 e. The molecular weight excluding hydrogens is 548 g/mol. The van der Waals surface area contributed by atoms with Gasteiger partial charge < -0.3 is 5.11 Å². The van der Waals surface area contributed by atoms with Gasteiger partial charge >= 0.3 is 12.4 Å². The summed E-state index contributed by atoms with van der Waals surface area (Å²) < 4.78 is 81.7. The van der Waals surface area contributed by atoms with E-state index in [1.807, 2.05) is 36.4 Å². The summed E-state index contributed by atoms with van der Waals surface area (Å²) in [7, 11) is 0. The predicted octanol–water partition coefficient (Wildman–Crippen LogP) is 7.77. The molecule has 1 saturated carbocycles. The molecule has 0 bridgehead atoms. The van der Waals surface area contributed by atoms with Crippen LogP contribution in [0.1, 0.15) is 60.1 Å². The Morgan fingerprint density at radius 2 is 1.54 bits per heavy atom. The molecule has 0 atom stereocenters. The van der Waals surface area contributed by atoms with Crippen molar-refractivity contribution < 1.29 is 36.2 Å². The van der Waals surface area contributed by atoms with Crippen LogP contribution in [0.2, 0.25) is 0 Å². The van der Waals surface area contributed by atoms with Crippen molar-refractivity contribution >= 4 is 5.78 Å². The molecular formula is C30H25F6N3O2. The van der Waals surface area contributed by atoms with Gasteiger partial charge in [0.1, 0.15) is 0 Å². The number of benzene rings is 2. The lowest BCUT2D eigenvalue weighted by molar-refractivity contribution is -0.270. The Labute approximate surface area is 231 Å². The van der Waals surface area contributed by atoms with E-state index in [1.54, 1.807) is 24.3 Å². The monoisotopic (exact) mass is 573 g/mol. The van der Waals surface area contributed by atoms with E-state index in [4.69, 9.17) is 0 Å². The summed E-state index contributed by atoms with van der Waals surface area (Å²) in [5.41, 5.74) is -0.963. The number of carbonyl (C=O) groups excluding carboxylic acids is 1. The molecule has 0 spiro atoms. The number of hydrogen-bond donors (Lipinski definition) is 1. The van der Waals surface area contributed by atoms with Crippen molar-refractivity contribution in [2.24, 2.45) is 0 Å². The molecule has 2 aromatic carbocycles. The van der Waals surface area contributed by atoms with Crippen molar-refractivity contribution in [3.63, 3.8) is 0 Å². The molecule has 11 heteroatoms. The van der Waals surface area contributed by atoms with Crippen LogP contribution >= 0.6 is 0 Å². The van der Waals surface area contributed by atoms with Crippen molar-refractivity contribution in [3.8, 4) is 28.2 Å². The number of carbonyl (C=O) groups is 1. The van der Waals surface area contributed by atoms with E-state index in [-0.39, 0.29) is 37.4 Å². The number of nitrogens with zero attached hydrogens (tertiary/aromatic N) is 3. The fourth-order valence-electron chi connectivity index (χ4n) is 5.35. The van der Waals surface area contributed by atoms with Gasteiger partial charge in [-0.25, -0.2) is 9.67 Å². The maximum absolute atomic E-state index is 13.9. The lowest BCUT2D eigenvalue weighted by Crippen LogP contribution is -2.47. The van der Waals surface area contributed by atoms with Crippen LogP contribution in [-0.2, 0) is 6.18 Å². The van der Waals surface area contributed by atoms with Crippen LogP contribution in [0, 0.1) is 0 Å². The largest absolute Gasteiger partial charge is 0.434 e. The first-order valence-corrected chi connectivity index (χ1v) is 12.9. The molecule has 5 rings (SSSR count). The molecule has 1 fully saturated rings. The lowest BCUT2D eigenvalue weighted by atomic mass is 9.75. The molecule has 2 heterocycles. The van der Waals surface area contributed by atoms with Crippen LogP contribution < -0.4 is 0 Å². The van der Waals surface area contributed by atoms with Gasteiger partial charge in [-0.2, -0.15) is 31.4 Å². The summed E-state index contributed by atoms with van der Waals surface area (Å²) in [6.45, 7) is 1.04. The minimum absolute atomic E-state index is 0.108. The first-order chi connectivity index (χ1) is 19.3. The average molecular weight is 574 g/mol. The van der Waals surface area contributed by atoms with E-state index in [2.05, 4.69) is 10.1 Å². The summed E-state index contributed by atoms with van der Waals surface area (Å²) in [5, 5.41) is 13.8. The number of Topliss-reactive ketones (excluding diaryl/α,β-unsaturated/α-hetero) is 1. The molecule has 0 aliphatic heterocycles. The van der Waals surface area contributed by atoms with Gasteiger partial charge in [-0.05, 0) is 67.3 Å². The number of halogens is 6. The SMILES string of the molecule is CC(=O)c1cnn(-c2cccc(-c3ccccc3-c3ccc(C4CCC(O)(C(F)(F)F)CC4)cc3)n2)c1C(F)(F)F. The van der Waals surface area contributed by atoms with Gasteiger partial charge in [-0.3, -0.25) is 4.79 Å². The molecule has 0 amide bonds. The van der Waals surface area contributed by atoms with Gasteiger partial charge in [-0.1, -0.05) is 54.6 Å². The molecule has 214 valence electrons. The number of alkyl halides is 6. The third-order valence-electron chi connectivity index (χ3n) is 7.60. The molecule has 1 aliphatic rings. The van der Waals surface area contributed by atoms with Crippen LogP contribution in [0.5, 0.6) is 0 Å². The van der Waals surface area contributed by atoms with Crippen molar-refractivity contribution in [2.75, 3.05) is 0 Å². The van der Waals surface area contributed by atoms with Crippen LogP contribution in [-0.4, -0.2) is 37.4 Å². The van der Waals surface area contributed by atoms with Crippen molar-refractivity contribution in [1.29, 1.82) is 0 Å². The Morgan fingerprint density at radius 3 is 2.12 bits per heavy atom. The van der Waals surface area contributed by atoms with Crippen molar-refractivity contribution in [1.82, 2.24) is 14.8 Å². The maximum Gasteiger partial charge on any atom is 0.434 e. The number of pyridine rings is 1. The molecule has 0 radical (unpaired) electrons. The predicted molar refractivity (Wildman–Crippen MR) is 139 cm³/mol. The van der Waals surface area contributed by atoms with Crippen LogP contribution in [0.4, 0.5) is 26.3 Å². The van der Waals surface area contributed by atoms with E-state index in [0.717, 1.165) is 29.8 Å². The zero-order chi connectivity index (χ0) is 29.6. The number of hydrogen-bond acceptors (Lipinski definition) is 4. The fraction of sp³-hybridized carbons (Fsp3) is 0.300. The molecule has 0 saturated heterocycles. The Balaban J connectivity index is 1.44. The minimum atomic E-state index is -4.83. The van der Waals surface area contributed by atoms with E-state index in [0.29, 0.717) is 15.9 Å². The topological polar surface area (TPSA) is 68.0 Å². The zero-order valence-electron chi connectivity index (χ0n) is 21.8. The van der Waals surface area contributed by atoms with Crippen LogP contribution in [0.25, 0.3) is 28.2 Å². The number of ketones is 1. The first kappa shape index (κ1) is 28.5. The number of aromatic nitrogens is 3. The number of aliphatic hydroxyl groups is 1. The Bertz CT molecular complexity index is 1570. The third kappa shape index (κ3) is 5.50. The number of rotatable bonds is 5. The van der Waals surface area contributed by atoms with Gasteiger partial charge in [0.25, 0.3) is 0 Å².